The highest BCUT2D eigenvalue weighted by Gasteiger charge is 2.12. The fourth-order valence-corrected chi connectivity index (χ4v) is 3.45. The molecule has 0 unspecified atom stereocenters. The van der Waals surface area contributed by atoms with Crippen LogP contribution in [0.5, 0.6) is 0 Å². The van der Waals surface area contributed by atoms with Crippen LogP contribution in [0.3, 0.4) is 0 Å². The van der Waals surface area contributed by atoms with Crippen molar-refractivity contribution >= 4 is 41.3 Å². The van der Waals surface area contributed by atoms with Gasteiger partial charge >= 0.3 is 0 Å². The average Bonchev–Trinajstić information content (AvgIpc) is 2.81. The van der Waals surface area contributed by atoms with E-state index in [2.05, 4.69) is 67.4 Å². The monoisotopic (exact) mass is 376 g/mol. The molecule has 1 heterocycles. The number of hydrogen-bond donors (Lipinski definition) is 1. The van der Waals surface area contributed by atoms with Crippen molar-refractivity contribution in [3.05, 3.63) is 28.8 Å². The highest BCUT2D eigenvalue weighted by molar-refractivity contribution is 7.18. The van der Waals surface area contributed by atoms with Gasteiger partial charge in [0.15, 0.2) is 0 Å². The molecule has 2 aromatic rings. The third kappa shape index (κ3) is 6.26. The molecule has 2 rings (SSSR count). The molecule has 0 aliphatic rings. The Morgan fingerprint density at radius 2 is 1.65 bits per heavy atom. The predicted molar refractivity (Wildman–Crippen MR) is 106 cm³/mol. The molecule has 0 radical (unpaired) electrons. The van der Waals surface area contributed by atoms with Crippen LogP contribution in [-0.2, 0) is 0 Å². The summed E-state index contributed by atoms with van der Waals surface area (Å²) in [5.41, 5.74) is 5.05. The third-order valence-corrected chi connectivity index (χ3v) is 4.27. The van der Waals surface area contributed by atoms with Crippen LogP contribution in [0.1, 0.15) is 23.1 Å². The quantitative estimate of drug-likeness (QED) is 0.761. The maximum Gasteiger partial charge on any atom is 0.206 e. The first-order valence-electron chi connectivity index (χ1n) is 7.27. The van der Waals surface area contributed by atoms with Crippen LogP contribution in [0, 0.1) is 20.8 Å². The molecule has 130 valence electrons. The Hall–Kier alpha value is -0.880. The van der Waals surface area contributed by atoms with E-state index < -0.39 is 0 Å². The molecule has 4 nitrogen and oxygen atoms in total. The summed E-state index contributed by atoms with van der Waals surface area (Å²) >= 11 is 1.63. The van der Waals surface area contributed by atoms with Crippen LogP contribution in [0.25, 0.3) is 10.6 Å². The number of halogens is 2. The number of hydrogen-bond acceptors (Lipinski definition) is 5. The van der Waals surface area contributed by atoms with Crippen LogP contribution >= 0.6 is 36.2 Å². The van der Waals surface area contributed by atoms with Crippen LogP contribution in [0.15, 0.2) is 12.1 Å². The second-order valence-electron chi connectivity index (χ2n) is 5.77. The van der Waals surface area contributed by atoms with Crippen LogP contribution < -0.4 is 5.32 Å². The second-order valence-corrected chi connectivity index (χ2v) is 6.75. The van der Waals surface area contributed by atoms with Crippen molar-refractivity contribution < 1.29 is 0 Å². The van der Waals surface area contributed by atoms with Gasteiger partial charge in [-0.25, -0.2) is 0 Å². The lowest BCUT2D eigenvalue weighted by atomic mass is 10.0. The van der Waals surface area contributed by atoms with E-state index in [9.17, 15) is 0 Å². The Kier molecular flexibility index (Phi) is 9.70. The van der Waals surface area contributed by atoms with Crippen molar-refractivity contribution in [2.24, 2.45) is 0 Å². The second kappa shape index (κ2) is 10.1. The van der Waals surface area contributed by atoms with Gasteiger partial charge in [0.25, 0.3) is 0 Å². The summed E-state index contributed by atoms with van der Waals surface area (Å²) in [6.07, 6.45) is 1.10. The van der Waals surface area contributed by atoms with Crippen molar-refractivity contribution in [1.82, 2.24) is 15.1 Å². The van der Waals surface area contributed by atoms with E-state index in [0.717, 1.165) is 29.6 Å². The molecule has 0 fully saturated rings. The normalized spacial score (nSPS) is 10.2. The maximum atomic E-state index is 4.35. The molecule has 1 N–H and O–H groups in total. The number of aryl methyl sites for hydroxylation is 3. The molecule has 1 aromatic carbocycles. The van der Waals surface area contributed by atoms with Gasteiger partial charge < -0.3 is 10.2 Å². The SMILES string of the molecule is Cc1cc(C)c(-c2nnc(NCCCN(C)C)s2)c(C)c1.Cl.Cl. The van der Waals surface area contributed by atoms with Gasteiger partial charge in [-0.15, -0.1) is 35.0 Å². The minimum atomic E-state index is 0. The van der Waals surface area contributed by atoms with Gasteiger partial charge in [0, 0.05) is 12.1 Å². The summed E-state index contributed by atoms with van der Waals surface area (Å²) in [6.45, 7) is 8.41. The minimum Gasteiger partial charge on any atom is -0.360 e. The van der Waals surface area contributed by atoms with Gasteiger partial charge in [0.2, 0.25) is 5.13 Å². The largest absolute Gasteiger partial charge is 0.360 e. The Labute approximate surface area is 155 Å². The molecular weight excluding hydrogens is 351 g/mol. The highest BCUT2D eigenvalue weighted by Crippen LogP contribution is 2.32. The minimum absolute atomic E-state index is 0. The van der Waals surface area contributed by atoms with Crippen LogP contribution in [0.4, 0.5) is 5.13 Å². The zero-order chi connectivity index (χ0) is 15.4. The lowest BCUT2D eigenvalue weighted by Crippen LogP contribution is -2.16. The molecule has 1 aromatic heterocycles. The molecule has 0 saturated heterocycles. The lowest BCUT2D eigenvalue weighted by molar-refractivity contribution is 0.405. The Balaban J connectivity index is 0.00000242. The van der Waals surface area contributed by atoms with Crippen molar-refractivity contribution in [3.63, 3.8) is 0 Å². The Morgan fingerprint density at radius 1 is 1.04 bits per heavy atom. The lowest BCUT2D eigenvalue weighted by Gasteiger charge is -2.09. The fourth-order valence-electron chi connectivity index (χ4n) is 2.50. The number of benzene rings is 1. The van der Waals surface area contributed by atoms with E-state index in [0.29, 0.717) is 0 Å². The molecule has 23 heavy (non-hydrogen) atoms. The number of nitrogens with zero attached hydrogens (tertiary/aromatic N) is 3. The molecular formula is C16H26Cl2N4S. The van der Waals surface area contributed by atoms with Gasteiger partial charge in [-0.3, -0.25) is 0 Å². The molecule has 0 spiro atoms. The van der Waals surface area contributed by atoms with E-state index in [1.807, 2.05) is 0 Å². The molecule has 0 aliphatic carbocycles. The average molecular weight is 377 g/mol. The van der Waals surface area contributed by atoms with Gasteiger partial charge in [-0.2, -0.15) is 0 Å². The van der Waals surface area contributed by atoms with Crippen molar-refractivity contribution in [2.75, 3.05) is 32.5 Å². The van der Waals surface area contributed by atoms with Crippen LogP contribution in [0.2, 0.25) is 0 Å². The first-order chi connectivity index (χ1) is 9.97. The molecule has 0 amide bonds. The zero-order valence-corrected chi connectivity index (χ0v) is 16.8. The number of anilines is 1. The van der Waals surface area contributed by atoms with Gasteiger partial charge in [-0.1, -0.05) is 29.0 Å². The summed E-state index contributed by atoms with van der Waals surface area (Å²) < 4.78 is 0. The summed E-state index contributed by atoms with van der Waals surface area (Å²) in [5.74, 6) is 0. The number of rotatable bonds is 6. The topological polar surface area (TPSA) is 41.1 Å². The van der Waals surface area contributed by atoms with E-state index in [1.165, 1.54) is 22.3 Å². The smallest absolute Gasteiger partial charge is 0.206 e. The van der Waals surface area contributed by atoms with Crippen molar-refractivity contribution in [2.45, 2.75) is 27.2 Å². The van der Waals surface area contributed by atoms with E-state index >= 15 is 0 Å². The molecule has 0 saturated carbocycles. The molecule has 7 heteroatoms. The Bertz CT molecular complexity index is 591. The molecule has 0 bridgehead atoms. The fraction of sp³-hybridized carbons (Fsp3) is 0.500. The van der Waals surface area contributed by atoms with E-state index in [-0.39, 0.29) is 24.8 Å². The van der Waals surface area contributed by atoms with Gasteiger partial charge in [-0.05, 0) is 59.0 Å². The number of aromatic nitrogens is 2. The van der Waals surface area contributed by atoms with Crippen molar-refractivity contribution in [3.8, 4) is 10.6 Å². The summed E-state index contributed by atoms with van der Waals surface area (Å²) in [5, 5.41) is 13.9. The molecule has 0 aliphatic heterocycles. The summed E-state index contributed by atoms with van der Waals surface area (Å²) in [4.78, 5) is 2.19. The van der Waals surface area contributed by atoms with Crippen molar-refractivity contribution in [1.29, 1.82) is 0 Å². The third-order valence-electron chi connectivity index (χ3n) is 3.37. The predicted octanol–water partition coefficient (Wildman–Crippen LogP) is 4.34. The van der Waals surface area contributed by atoms with E-state index in [1.54, 1.807) is 11.3 Å². The van der Waals surface area contributed by atoms with E-state index in [4.69, 9.17) is 0 Å². The first-order valence-corrected chi connectivity index (χ1v) is 8.09. The Morgan fingerprint density at radius 3 is 2.22 bits per heavy atom. The van der Waals surface area contributed by atoms with Crippen LogP contribution in [-0.4, -0.2) is 42.3 Å². The zero-order valence-electron chi connectivity index (χ0n) is 14.3. The number of nitrogens with one attached hydrogen (secondary N) is 1. The molecule has 0 atom stereocenters. The summed E-state index contributed by atoms with van der Waals surface area (Å²) in [7, 11) is 4.18. The summed E-state index contributed by atoms with van der Waals surface area (Å²) in [6, 6.07) is 4.40. The van der Waals surface area contributed by atoms with Gasteiger partial charge in [0.05, 0.1) is 0 Å². The van der Waals surface area contributed by atoms with Gasteiger partial charge in [0.1, 0.15) is 5.01 Å². The first kappa shape index (κ1) is 22.1. The highest BCUT2D eigenvalue weighted by atomic mass is 35.5. The maximum absolute atomic E-state index is 4.35. The standard InChI is InChI=1S/C16H24N4S.2ClH/c1-11-9-12(2)14(13(3)10-11)15-18-19-16(21-15)17-7-6-8-20(4)5;;/h9-10H,6-8H2,1-5H3,(H,17,19);2*1H.